The first-order chi connectivity index (χ1) is 11.0. The number of esters is 1. The van der Waals surface area contributed by atoms with E-state index in [1.54, 1.807) is 31.2 Å². The number of ether oxygens (including phenoxy) is 1. The van der Waals surface area contributed by atoms with E-state index in [4.69, 9.17) is 9.84 Å². The van der Waals surface area contributed by atoms with Gasteiger partial charge in [-0.05, 0) is 43.4 Å². The van der Waals surface area contributed by atoms with Gasteiger partial charge in [-0.2, -0.15) is 0 Å². The molecule has 1 aromatic rings. The Bertz CT molecular complexity index is 540. The van der Waals surface area contributed by atoms with E-state index in [1.165, 1.54) is 6.42 Å². The molecular formula is C18H25NO4. The normalized spacial score (nSPS) is 22.2. The first-order valence-electron chi connectivity index (χ1n) is 8.22. The minimum absolute atomic E-state index is 0.0757. The van der Waals surface area contributed by atoms with Crippen LogP contribution in [0, 0.1) is 5.92 Å². The summed E-state index contributed by atoms with van der Waals surface area (Å²) in [6, 6.07) is 6.65. The minimum atomic E-state index is -0.825. The Balaban J connectivity index is 1.87. The molecule has 0 aliphatic heterocycles. The van der Waals surface area contributed by atoms with Crippen LogP contribution >= 0.6 is 0 Å². The van der Waals surface area contributed by atoms with Gasteiger partial charge in [0, 0.05) is 6.04 Å². The molecule has 2 rings (SSSR count). The number of aliphatic hydroxyl groups excluding tert-OH is 1. The van der Waals surface area contributed by atoms with Crippen LogP contribution in [0.5, 0.6) is 0 Å². The van der Waals surface area contributed by atoms with Crippen LogP contribution in [0.15, 0.2) is 24.3 Å². The molecule has 1 aromatic carbocycles. The quantitative estimate of drug-likeness (QED) is 0.817. The summed E-state index contributed by atoms with van der Waals surface area (Å²) >= 11 is 0. The second kappa shape index (κ2) is 8.11. The minimum Gasteiger partial charge on any atom is -0.449 e. The molecule has 3 atom stereocenters. The molecule has 1 aliphatic carbocycles. The first-order valence-corrected chi connectivity index (χ1v) is 8.22. The molecule has 0 unspecified atom stereocenters. The number of rotatable bonds is 5. The molecule has 0 aromatic heterocycles. The van der Waals surface area contributed by atoms with E-state index < -0.39 is 12.1 Å². The lowest BCUT2D eigenvalue weighted by molar-refractivity contribution is -0.130. The van der Waals surface area contributed by atoms with Crippen LogP contribution in [0.1, 0.15) is 55.5 Å². The van der Waals surface area contributed by atoms with Crippen molar-refractivity contribution in [3.05, 3.63) is 35.4 Å². The SMILES string of the molecule is C[C@@H](OC(=O)c1ccc(CO)cc1)C(=O)N[C@H]1CCCC[C@@H]1C. The van der Waals surface area contributed by atoms with E-state index in [2.05, 4.69) is 12.2 Å². The highest BCUT2D eigenvalue weighted by Gasteiger charge is 2.26. The number of carbonyl (C=O) groups is 2. The Morgan fingerprint density at radius 2 is 1.91 bits per heavy atom. The molecule has 1 aliphatic rings. The number of benzene rings is 1. The van der Waals surface area contributed by atoms with Gasteiger partial charge < -0.3 is 15.2 Å². The summed E-state index contributed by atoms with van der Waals surface area (Å²) in [5.74, 6) is -0.320. The van der Waals surface area contributed by atoms with Crippen LogP contribution in [0.4, 0.5) is 0 Å². The molecule has 1 saturated carbocycles. The van der Waals surface area contributed by atoms with E-state index in [1.807, 2.05) is 0 Å². The van der Waals surface area contributed by atoms with Gasteiger partial charge in [0.25, 0.3) is 5.91 Å². The number of aliphatic hydroxyl groups is 1. The zero-order chi connectivity index (χ0) is 16.8. The van der Waals surface area contributed by atoms with E-state index in [9.17, 15) is 9.59 Å². The summed E-state index contributed by atoms with van der Waals surface area (Å²) < 4.78 is 5.24. The zero-order valence-electron chi connectivity index (χ0n) is 13.7. The number of hydrogen-bond acceptors (Lipinski definition) is 4. The highest BCUT2D eigenvalue weighted by Crippen LogP contribution is 2.23. The van der Waals surface area contributed by atoms with Crippen molar-refractivity contribution in [2.45, 2.75) is 58.3 Å². The van der Waals surface area contributed by atoms with E-state index in [0.717, 1.165) is 24.8 Å². The third kappa shape index (κ3) is 4.79. The lowest BCUT2D eigenvalue weighted by Gasteiger charge is -2.30. The maximum Gasteiger partial charge on any atom is 0.338 e. The van der Waals surface area contributed by atoms with E-state index >= 15 is 0 Å². The Morgan fingerprint density at radius 1 is 1.26 bits per heavy atom. The molecule has 0 spiro atoms. The Hall–Kier alpha value is -1.88. The number of amides is 1. The van der Waals surface area contributed by atoms with Crippen molar-refractivity contribution in [2.24, 2.45) is 5.92 Å². The van der Waals surface area contributed by atoms with Crippen LogP contribution < -0.4 is 5.32 Å². The maximum atomic E-state index is 12.2. The third-order valence-corrected chi connectivity index (χ3v) is 4.46. The Labute approximate surface area is 137 Å². The van der Waals surface area contributed by atoms with Gasteiger partial charge in [-0.1, -0.05) is 31.9 Å². The fourth-order valence-corrected chi connectivity index (χ4v) is 2.86. The van der Waals surface area contributed by atoms with Gasteiger partial charge in [-0.25, -0.2) is 4.79 Å². The number of carbonyl (C=O) groups excluding carboxylic acids is 2. The molecule has 5 heteroatoms. The van der Waals surface area contributed by atoms with Gasteiger partial charge in [0.05, 0.1) is 12.2 Å². The lowest BCUT2D eigenvalue weighted by atomic mass is 9.86. The van der Waals surface area contributed by atoms with Gasteiger partial charge in [0.1, 0.15) is 0 Å². The molecule has 126 valence electrons. The summed E-state index contributed by atoms with van der Waals surface area (Å²) in [4.78, 5) is 24.3. The van der Waals surface area contributed by atoms with Crippen LogP contribution in [-0.4, -0.2) is 29.1 Å². The molecule has 2 N–H and O–H groups in total. The summed E-state index contributed by atoms with van der Waals surface area (Å²) in [6.07, 6.45) is 3.61. The third-order valence-electron chi connectivity index (χ3n) is 4.46. The average molecular weight is 319 g/mol. The van der Waals surface area contributed by atoms with Crippen LogP contribution in [0.3, 0.4) is 0 Å². The molecule has 0 heterocycles. The van der Waals surface area contributed by atoms with Crippen molar-refractivity contribution in [1.82, 2.24) is 5.32 Å². The molecule has 23 heavy (non-hydrogen) atoms. The smallest absolute Gasteiger partial charge is 0.338 e. The van der Waals surface area contributed by atoms with Crippen molar-refractivity contribution >= 4 is 11.9 Å². The molecule has 5 nitrogen and oxygen atoms in total. The summed E-state index contributed by atoms with van der Waals surface area (Å²) in [6.45, 7) is 3.65. The van der Waals surface area contributed by atoms with Gasteiger partial charge in [-0.15, -0.1) is 0 Å². The number of hydrogen-bond donors (Lipinski definition) is 2. The average Bonchev–Trinajstić information content (AvgIpc) is 2.56. The molecule has 0 saturated heterocycles. The van der Waals surface area contributed by atoms with Gasteiger partial charge >= 0.3 is 5.97 Å². The van der Waals surface area contributed by atoms with Crippen molar-refractivity contribution in [2.75, 3.05) is 0 Å². The van der Waals surface area contributed by atoms with Gasteiger partial charge in [0.2, 0.25) is 0 Å². The monoisotopic (exact) mass is 319 g/mol. The van der Waals surface area contributed by atoms with Gasteiger partial charge in [0.15, 0.2) is 6.10 Å². The highest BCUT2D eigenvalue weighted by atomic mass is 16.5. The Morgan fingerprint density at radius 3 is 2.52 bits per heavy atom. The van der Waals surface area contributed by atoms with Crippen LogP contribution in [0.2, 0.25) is 0 Å². The van der Waals surface area contributed by atoms with E-state index in [0.29, 0.717) is 11.5 Å². The van der Waals surface area contributed by atoms with Crippen LogP contribution in [-0.2, 0) is 16.1 Å². The van der Waals surface area contributed by atoms with Gasteiger partial charge in [-0.3, -0.25) is 4.79 Å². The topological polar surface area (TPSA) is 75.6 Å². The highest BCUT2D eigenvalue weighted by molar-refractivity contribution is 5.92. The van der Waals surface area contributed by atoms with Crippen LogP contribution in [0.25, 0.3) is 0 Å². The summed E-state index contributed by atoms with van der Waals surface area (Å²) in [5.41, 5.74) is 1.09. The van der Waals surface area contributed by atoms with Crippen molar-refractivity contribution in [3.63, 3.8) is 0 Å². The molecule has 1 fully saturated rings. The molecule has 1 amide bonds. The predicted octanol–water partition coefficient (Wildman–Crippen LogP) is 2.42. The van der Waals surface area contributed by atoms with Crippen molar-refractivity contribution in [3.8, 4) is 0 Å². The first kappa shape index (κ1) is 17.5. The van der Waals surface area contributed by atoms with E-state index in [-0.39, 0.29) is 18.6 Å². The maximum absolute atomic E-state index is 12.2. The second-order valence-corrected chi connectivity index (χ2v) is 6.28. The fraction of sp³-hybridized carbons (Fsp3) is 0.556. The predicted molar refractivity (Wildman–Crippen MR) is 86.8 cm³/mol. The summed E-state index contributed by atoms with van der Waals surface area (Å²) in [5, 5.41) is 12.0. The lowest BCUT2D eigenvalue weighted by Crippen LogP contribution is -2.45. The summed E-state index contributed by atoms with van der Waals surface area (Å²) in [7, 11) is 0. The molecule has 0 radical (unpaired) electrons. The van der Waals surface area contributed by atoms with Crippen molar-refractivity contribution < 1.29 is 19.4 Å². The zero-order valence-corrected chi connectivity index (χ0v) is 13.7. The standard InChI is InChI=1S/C18H25NO4/c1-12-5-3-4-6-16(12)19-17(21)13(2)23-18(22)15-9-7-14(11-20)8-10-15/h7-10,12-13,16,20H,3-6,11H2,1-2H3,(H,19,21)/t12-,13+,16-/m0/s1. The van der Waals surface area contributed by atoms with Crippen molar-refractivity contribution in [1.29, 1.82) is 0 Å². The fourth-order valence-electron chi connectivity index (χ4n) is 2.86. The second-order valence-electron chi connectivity index (χ2n) is 6.28. The Kier molecular flexibility index (Phi) is 6.16. The number of nitrogens with one attached hydrogen (secondary N) is 1. The molecular weight excluding hydrogens is 294 g/mol. The largest absolute Gasteiger partial charge is 0.449 e. The molecule has 0 bridgehead atoms.